The van der Waals surface area contributed by atoms with E-state index < -0.39 is 0 Å². The number of nitrogens with zero attached hydrogens (tertiary/aromatic N) is 2. The lowest BCUT2D eigenvalue weighted by molar-refractivity contribution is 0.0946. The first-order chi connectivity index (χ1) is 11.2. The number of rotatable bonds is 5. The standard InChI is InChI=1S/C17H19ClN4O/c18-13-7-5-12(6-8-13)10-19-17(23)15-9-16(21-11-20-15)22-14-3-1-2-4-14/h5-9,11,14H,1-4,10H2,(H,19,23)(H,20,21,22). The molecular weight excluding hydrogens is 312 g/mol. The smallest absolute Gasteiger partial charge is 0.270 e. The molecule has 1 aromatic heterocycles. The zero-order chi connectivity index (χ0) is 16.1. The molecule has 3 rings (SSSR count). The van der Waals surface area contributed by atoms with Crippen LogP contribution in [0.2, 0.25) is 5.02 Å². The van der Waals surface area contributed by atoms with E-state index in [0.717, 1.165) is 18.4 Å². The summed E-state index contributed by atoms with van der Waals surface area (Å²) < 4.78 is 0. The molecule has 0 unspecified atom stereocenters. The topological polar surface area (TPSA) is 66.9 Å². The Morgan fingerprint density at radius 3 is 2.65 bits per heavy atom. The maximum atomic E-state index is 12.2. The van der Waals surface area contributed by atoms with Crippen molar-refractivity contribution in [3.8, 4) is 0 Å². The minimum Gasteiger partial charge on any atom is -0.367 e. The highest BCUT2D eigenvalue weighted by Gasteiger charge is 2.16. The molecule has 2 aromatic rings. The molecule has 1 heterocycles. The molecule has 5 nitrogen and oxygen atoms in total. The van der Waals surface area contributed by atoms with Gasteiger partial charge in [-0.25, -0.2) is 9.97 Å². The Hall–Kier alpha value is -2.14. The molecule has 0 atom stereocenters. The minimum absolute atomic E-state index is 0.211. The molecule has 0 aliphatic heterocycles. The number of amides is 1. The van der Waals surface area contributed by atoms with Gasteiger partial charge >= 0.3 is 0 Å². The first-order valence-corrected chi connectivity index (χ1v) is 8.20. The highest BCUT2D eigenvalue weighted by molar-refractivity contribution is 6.30. The number of hydrogen-bond acceptors (Lipinski definition) is 4. The first kappa shape index (κ1) is 15.7. The molecule has 0 radical (unpaired) electrons. The molecule has 0 bridgehead atoms. The zero-order valence-corrected chi connectivity index (χ0v) is 13.5. The molecule has 2 N–H and O–H groups in total. The van der Waals surface area contributed by atoms with Crippen molar-refractivity contribution < 1.29 is 4.79 Å². The molecule has 1 aliphatic rings. The second-order valence-corrected chi connectivity index (χ2v) is 6.16. The van der Waals surface area contributed by atoms with Crippen LogP contribution in [-0.2, 0) is 6.54 Å². The molecule has 1 amide bonds. The van der Waals surface area contributed by atoms with Gasteiger partial charge in [0.15, 0.2) is 0 Å². The molecule has 0 saturated heterocycles. The zero-order valence-electron chi connectivity index (χ0n) is 12.8. The third kappa shape index (κ3) is 4.42. The number of nitrogens with one attached hydrogen (secondary N) is 2. The van der Waals surface area contributed by atoms with Crippen molar-refractivity contribution in [1.29, 1.82) is 0 Å². The highest BCUT2D eigenvalue weighted by atomic mass is 35.5. The van der Waals surface area contributed by atoms with Gasteiger partial charge in [-0.1, -0.05) is 36.6 Å². The fourth-order valence-electron chi connectivity index (χ4n) is 2.71. The number of carbonyl (C=O) groups is 1. The molecule has 1 fully saturated rings. The average Bonchev–Trinajstić information content (AvgIpc) is 3.07. The summed E-state index contributed by atoms with van der Waals surface area (Å²) in [5.74, 6) is 0.500. The predicted octanol–water partition coefficient (Wildman–Crippen LogP) is 3.41. The SMILES string of the molecule is O=C(NCc1ccc(Cl)cc1)c1cc(NC2CCCC2)ncn1. The lowest BCUT2D eigenvalue weighted by Crippen LogP contribution is -2.24. The summed E-state index contributed by atoms with van der Waals surface area (Å²) in [7, 11) is 0. The van der Waals surface area contributed by atoms with Gasteiger partial charge in [0, 0.05) is 23.7 Å². The molecular formula is C17H19ClN4O. The van der Waals surface area contributed by atoms with Gasteiger partial charge in [-0.3, -0.25) is 4.79 Å². The quantitative estimate of drug-likeness (QED) is 0.881. The molecule has 1 aliphatic carbocycles. The Morgan fingerprint density at radius 1 is 1.17 bits per heavy atom. The Balaban J connectivity index is 1.59. The van der Waals surface area contributed by atoms with Crippen LogP contribution in [0, 0.1) is 0 Å². The Labute approximate surface area is 140 Å². The van der Waals surface area contributed by atoms with E-state index in [0.29, 0.717) is 29.1 Å². The van der Waals surface area contributed by atoms with Crippen LogP contribution in [0.3, 0.4) is 0 Å². The van der Waals surface area contributed by atoms with Crippen LogP contribution in [0.5, 0.6) is 0 Å². The largest absolute Gasteiger partial charge is 0.367 e. The normalized spacial score (nSPS) is 14.7. The summed E-state index contributed by atoms with van der Waals surface area (Å²) in [4.78, 5) is 20.5. The number of halogens is 1. The third-order valence-corrected chi connectivity index (χ3v) is 4.23. The maximum Gasteiger partial charge on any atom is 0.270 e. The molecule has 23 heavy (non-hydrogen) atoms. The summed E-state index contributed by atoms with van der Waals surface area (Å²) in [6.07, 6.45) is 6.23. The Kier molecular flexibility index (Phi) is 5.08. The molecule has 6 heteroatoms. The van der Waals surface area contributed by atoms with E-state index in [1.165, 1.54) is 19.2 Å². The van der Waals surface area contributed by atoms with Crippen LogP contribution >= 0.6 is 11.6 Å². The van der Waals surface area contributed by atoms with E-state index in [1.807, 2.05) is 12.1 Å². The van der Waals surface area contributed by atoms with Crippen LogP contribution in [0.1, 0.15) is 41.7 Å². The van der Waals surface area contributed by atoms with E-state index in [4.69, 9.17) is 11.6 Å². The van der Waals surface area contributed by atoms with Gasteiger partial charge in [-0.05, 0) is 30.5 Å². The van der Waals surface area contributed by atoms with Crippen LogP contribution < -0.4 is 10.6 Å². The van der Waals surface area contributed by atoms with Crippen LogP contribution in [0.15, 0.2) is 36.7 Å². The summed E-state index contributed by atoms with van der Waals surface area (Å²) in [6.45, 7) is 0.436. The number of anilines is 1. The fourth-order valence-corrected chi connectivity index (χ4v) is 2.84. The van der Waals surface area contributed by atoms with Gasteiger partial charge in [0.2, 0.25) is 0 Å². The second-order valence-electron chi connectivity index (χ2n) is 5.72. The number of hydrogen-bond donors (Lipinski definition) is 2. The second kappa shape index (κ2) is 7.42. The summed E-state index contributed by atoms with van der Waals surface area (Å²) in [6, 6.07) is 9.53. The number of aromatic nitrogens is 2. The van der Waals surface area contributed by atoms with E-state index in [-0.39, 0.29) is 5.91 Å². The van der Waals surface area contributed by atoms with Crippen LogP contribution in [-0.4, -0.2) is 21.9 Å². The summed E-state index contributed by atoms with van der Waals surface area (Å²) in [5.41, 5.74) is 1.36. The first-order valence-electron chi connectivity index (χ1n) is 7.82. The molecule has 1 aromatic carbocycles. The average molecular weight is 331 g/mol. The van der Waals surface area contributed by atoms with Crippen molar-refractivity contribution in [2.45, 2.75) is 38.3 Å². The summed E-state index contributed by atoms with van der Waals surface area (Å²) >= 11 is 5.85. The monoisotopic (exact) mass is 330 g/mol. The fraction of sp³-hybridized carbons (Fsp3) is 0.353. The van der Waals surface area contributed by atoms with Crippen molar-refractivity contribution in [3.05, 3.63) is 52.9 Å². The van der Waals surface area contributed by atoms with E-state index in [1.54, 1.807) is 18.2 Å². The van der Waals surface area contributed by atoms with Gasteiger partial charge in [-0.15, -0.1) is 0 Å². The van der Waals surface area contributed by atoms with Crippen molar-refractivity contribution in [2.24, 2.45) is 0 Å². The number of benzene rings is 1. The van der Waals surface area contributed by atoms with E-state index in [2.05, 4.69) is 20.6 Å². The van der Waals surface area contributed by atoms with Gasteiger partial charge in [0.05, 0.1) is 0 Å². The van der Waals surface area contributed by atoms with Crippen molar-refractivity contribution in [1.82, 2.24) is 15.3 Å². The maximum absolute atomic E-state index is 12.2. The lowest BCUT2D eigenvalue weighted by Gasteiger charge is -2.12. The van der Waals surface area contributed by atoms with Gasteiger partial charge in [0.1, 0.15) is 17.8 Å². The Morgan fingerprint density at radius 2 is 1.91 bits per heavy atom. The van der Waals surface area contributed by atoms with Gasteiger partial charge < -0.3 is 10.6 Å². The molecule has 120 valence electrons. The van der Waals surface area contributed by atoms with Crippen molar-refractivity contribution in [2.75, 3.05) is 5.32 Å². The van der Waals surface area contributed by atoms with Crippen molar-refractivity contribution >= 4 is 23.3 Å². The minimum atomic E-state index is -0.211. The summed E-state index contributed by atoms with van der Waals surface area (Å²) in [5, 5.41) is 6.91. The molecule has 1 saturated carbocycles. The molecule has 0 spiro atoms. The van der Waals surface area contributed by atoms with E-state index >= 15 is 0 Å². The highest BCUT2D eigenvalue weighted by Crippen LogP contribution is 2.21. The van der Waals surface area contributed by atoms with Gasteiger partial charge in [0.25, 0.3) is 5.91 Å². The van der Waals surface area contributed by atoms with Gasteiger partial charge in [-0.2, -0.15) is 0 Å². The van der Waals surface area contributed by atoms with Crippen LogP contribution in [0.25, 0.3) is 0 Å². The van der Waals surface area contributed by atoms with Crippen molar-refractivity contribution in [3.63, 3.8) is 0 Å². The van der Waals surface area contributed by atoms with Crippen LogP contribution in [0.4, 0.5) is 5.82 Å². The van der Waals surface area contributed by atoms with E-state index in [9.17, 15) is 4.79 Å². The third-order valence-electron chi connectivity index (χ3n) is 3.97. The number of carbonyl (C=O) groups excluding carboxylic acids is 1. The lowest BCUT2D eigenvalue weighted by atomic mass is 10.2. The Bertz CT molecular complexity index is 669. The predicted molar refractivity (Wildman–Crippen MR) is 90.5 cm³/mol.